The van der Waals surface area contributed by atoms with Crippen LogP contribution in [0, 0.1) is 0 Å². The van der Waals surface area contributed by atoms with Gasteiger partial charge in [0.25, 0.3) is 0 Å². The highest BCUT2D eigenvalue weighted by Crippen LogP contribution is 2.10. The molecule has 1 rings (SSSR count). The average Bonchev–Trinajstić information content (AvgIpc) is 2.50. The molecule has 0 bridgehead atoms. The van der Waals surface area contributed by atoms with Crippen molar-refractivity contribution < 1.29 is 13.9 Å². The Morgan fingerprint density at radius 2 is 2.38 bits per heavy atom. The molecule has 0 fully saturated rings. The Hall–Kier alpha value is -1.29. The van der Waals surface area contributed by atoms with E-state index in [4.69, 9.17) is 10.2 Å². The predicted molar refractivity (Wildman–Crippen MR) is 47.4 cm³/mol. The third-order valence-corrected chi connectivity index (χ3v) is 1.57. The fourth-order valence-electron chi connectivity index (χ4n) is 1.02. The number of carbonyl (C=O) groups is 1. The van der Waals surface area contributed by atoms with Gasteiger partial charge in [0.1, 0.15) is 5.76 Å². The van der Waals surface area contributed by atoms with Gasteiger partial charge >= 0.3 is 5.97 Å². The lowest BCUT2D eigenvalue weighted by molar-refractivity contribution is 0.0563. The van der Waals surface area contributed by atoms with E-state index in [2.05, 4.69) is 4.74 Å². The average molecular weight is 183 g/mol. The lowest BCUT2D eigenvalue weighted by atomic mass is 10.2. The largest absolute Gasteiger partial charge is 0.463 e. The van der Waals surface area contributed by atoms with E-state index in [1.807, 2.05) is 6.92 Å². The van der Waals surface area contributed by atoms with Crippen LogP contribution in [-0.2, 0) is 11.2 Å². The van der Waals surface area contributed by atoms with Crippen molar-refractivity contribution in [2.24, 2.45) is 5.73 Å². The number of nitrogens with two attached hydrogens (primary N) is 1. The maximum Gasteiger partial charge on any atom is 0.373 e. The van der Waals surface area contributed by atoms with Crippen molar-refractivity contribution in [3.63, 3.8) is 0 Å². The summed E-state index contributed by atoms with van der Waals surface area (Å²) >= 11 is 0. The summed E-state index contributed by atoms with van der Waals surface area (Å²) in [7, 11) is 1.32. The molecule has 1 heterocycles. The number of furan rings is 1. The minimum atomic E-state index is -0.462. The standard InChI is InChI=1S/C9H13NO3/c1-6(10)5-7-3-4-8(13-7)9(11)12-2/h3-4,6H,5,10H2,1-2H3/t6-/m1/s1. The van der Waals surface area contributed by atoms with E-state index in [9.17, 15) is 4.79 Å². The van der Waals surface area contributed by atoms with Crippen LogP contribution in [0.25, 0.3) is 0 Å². The quantitative estimate of drug-likeness (QED) is 0.709. The molecule has 0 aliphatic carbocycles. The maximum absolute atomic E-state index is 11.0. The molecule has 0 amide bonds. The molecule has 1 aromatic rings. The van der Waals surface area contributed by atoms with Gasteiger partial charge in [-0.2, -0.15) is 0 Å². The second kappa shape index (κ2) is 4.09. The van der Waals surface area contributed by atoms with Crippen LogP contribution in [0.2, 0.25) is 0 Å². The van der Waals surface area contributed by atoms with Gasteiger partial charge in [0.15, 0.2) is 0 Å². The van der Waals surface area contributed by atoms with Gasteiger partial charge in [-0.1, -0.05) is 0 Å². The normalized spacial score (nSPS) is 12.5. The lowest BCUT2D eigenvalue weighted by Crippen LogP contribution is -2.17. The summed E-state index contributed by atoms with van der Waals surface area (Å²) in [4.78, 5) is 11.0. The number of rotatable bonds is 3. The second-order valence-electron chi connectivity index (χ2n) is 2.94. The molecule has 0 spiro atoms. The number of esters is 1. The van der Waals surface area contributed by atoms with Gasteiger partial charge < -0.3 is 14.9 Å². The predicted octanol–water partition coefficient (Wildman–Crippen LogP) is 0.956. The molecule has 4 heteroatoms. The van der Waals surface area contributed by atoms with E-state index < -0.39 is 5.97 Å². The van der Waals surface area contributed by atoms with Crippen molar-refractivity contribution in [2.45, 2.75) is 19.4 Å². The molecule has 0 saturated carbocycles. The Morgan fingerprint density at radius 3 is 2.92 bits per heavy atom. The highest BCUT2D eigenvalue weighted by molar-refractivity contribution is 5.86. The smallest absolute Gasteiger partial charge is 0.373 e. The summed E-state index contributed by atoms with van der Waals surface area (Å²) in [6, 6.07) is 3.34. The Bertz CT molecular complexity index is 291. The van der Waals surface area contributed by atoms with Crippen LogP contribution < -0.4 is 5.73 Å². The first-order valence-corrected chi connectivity index (χ1v) is 4.06. The van der Waals surface area contributed by atoms with Gasteiger partial charge in [0.2, 0.25) is 5.76 Å². The fourth-order valence-corrected chi connectivity index (χ4v) is 1.02. The van der Waals surface area contributed by atoms with E-state index in [0.29, 0.717) is 12.2 Å². The first kappa shape index (κ1) is 9.80. The number of hydrogen-bond acceptors (Lipinski definition) is 4. The highest BCUT2D eigenvalue weighted by atomic mass is 16.5. The van der Waals surface area contributed by atoms with Gasteiger partial charge in [-0.25, -0.2) is 4.79 Å². The van der Waals surface area contributed by atoms with Crippen LogP contribution in [0.5, 0.6) is 0 Å². The zero-order chi connectivity index (χ0) is 9.84. The number of hydrogen-bond donors (Lipinski definition) is 1. The third kappa shape index (κ3) is 2.59. The highest BCUT2D eigenvalue weighted by Gasteiger charge is 2.11. The molecule has 13 heavy (non-hydrogen) atoms. The van der Waals surface area contributed by atoms with Crippen molar-refractivity contribution in [3.05, 3.63) is 23.7 Å². The Balaban J connectivity index is 2.69. The maximum atomic E-state index is 11.0. The van der Waals surface area contributed by atoms with E-state index in [1.54, 1.807) is 12.1 Å². The third-order valence-electron chi connectivity index (χ3n) is 1.57. The van der Waals surface area contributed by atoms with E-state index >= 15 is 0 Å². The van der Waals surface area contributed by atoms with Crippen LogP contribution in [0.3, 0.4) is 0 Å². The Kier molecular flexibility index (Phi) is 3.08. The Labute approximate surface area is 76.7 Å². The molecule has 0 saturated heterocycles. The molecular weight excluding hydrogens is 170 g/mol. The zero-order valence-corrected chi connectivity index (χ0v) is 7.74. The van der Waals surface area contributed by atoms with Crippen molar-refractivity contribution >= 4 is 5.97 Å². The monoisotopic (exact) mass is 183 g/mol. The minimum Gasteiger partial charge on any atom is -0.463 e. The molecule has 0 aliphatic heterocycles. The molecule has 4 nitrogen and oxygen atoms in total. The van der Waals surface area contributed by atoms with Crippen molar-refractivity contribution in [3.8, 4) is 0 Å². The molecule has 0 radical (unpaired) electrons. The van der Waals surface area contributed by atoms with Crippen molar-refractivity contribution in [2.75, 3.05) is 7.11 Å². The van der Waals surface area contributed by atoms with Crippen LogP contribution >= 0.6 is 0 Å². The van der Waals surface area contributed by atoms with Gasteiger partial charge in [-0.15, -0.1) is 0 Å². The van der Waals surface area contributed by atoms with Gasteiger partial charge in [0.05, 0.1) is 7.11 Å². The molecule has 0 unspecified atom stereocenters. The topological polar surface area (TPSA) is 65.5 Å². The molecule has 72 valence electrons. The van der Waals surface area contributed by atoms with Crippen LogP contribution in [0.1, 0.15) is 23.2 Å². The molecule has 1 atom stereocenters. The van der Waals surface area contributed by atoms with Gasteiger partial charge in [0, 0.05) is 12.5 Å². The summed E-state index contributed by atoms with van der Waals surface area (Å²) in [6.45, 7) is 1.88. The van der Waals surface area contributed by atoms with Crippen LogP contribution in [0.15, 0.2) is 16.5 Å². The van der Waals surface area contributed by atoms with Gasteiger partial charge in [-0.3, -0.25) is 0 Å². The lowest BCUT2D eigenvalue weighted by Gasteiger charge is -1.99. The Morgan fingerprint density at radius 1 is 1.69 bits per heavy atom. The fraction of sp³-hybridized carbons (Fsp3) is 0.444. The first-order chi connectivity index (χ1) is 6.13. The van der Waals surface area contributed by atoms with Crippen LogP contribution in [-0.4, -0.2) is 19.1 Å². The summed E-state index contributed by atoms with van der Waals surface area (Å²) in [6.07, 6.45) is 0.622. The van der Waals surface area contributed by atoms with E-state index in [-0.39, 0.29) is 11.8 Å². The molecule has 0 aromatic carbocycles. The molecular formula is C9H13NO3. The minimum absolute atomic E-state index is 0.0247. The van der Waals surface area contributed by atoms with Crippen molar-refractivity contribution in [1.82, 2.24) is 0 Å². The van der Waals surface area contributed by atoms with Crippen molar-refractivity contribution in [1.29, 1.82) is 0 Å². The molecule has 1 aromatic heterocycles. The molecule has 0 aliphatic rings. The number of methoxy groups -OCH3 is 1. The summed E-state index contributed by atoms with van der Waals surface area (Å²) in [5.41, 5.74) is 5.57. The summed E-state index contributed by atoms with van der Waals surface area (Å²) < 4.78 is 9.68. The first-order valence-electron chi connectivity index (χ1n) is 4.06. The van der Waals surface area contributed by atoms with E-state index in [0.717, 1.165) is 0 Å². The second-order valence-corrected chi connectivity index (χ2v) is 2.94. The number of carbonyl (C=O) groups excluding carboxylic acids is 1. The SMILES string of the molecule is COC(=O)c1ccc(C[C@@H](C)N)o1. The van der Waals surface area contributed by atoms with Gasteiger partial charge in [-0.05, 0) is 19.1 Å². The number of ether oxygens (including phenoxy) is 1. The van der Waals surface area contributed by atoms with Crippen LogP contribution in [0.4, 0.5) is 0 Å². The van der Waals surface area contributed by atoms with E-state index in [1.165, 1.54) is 7.11 Å². The zero-order valence-electron chi connectivity index (χ0n) is 7.74. The molecule has 2 N–H and O–H groups in total. The summed E-state index contributed by atoms with van der Waals surface area (Å²) in [5, 5.41) is 0. The summed E-state index contributed by atoms with van der Waals surface area (Å²) in [5.74, 6) is 0.462.